The lowest BCUT2D eigenvalue weighted by atomic mass is 10.1. The monoisotopic (exact) mass is 241 g/mol. The van der Waals surface area contributed by atoms with Crippen LogP contribution in [0.15, 0.2) is 0 Å². The minimum atomic E-state index is 0.522. The van der Waals surface area contributed by atoms with Crippen molar-refractivity contribution < 1.29 is 14.0 Å². The molecule has 4 nitrogen and oxygen atoms in total. The highest BCUT2D eigenvalue weighted by atomic mass is 15.5. The first kappa shape index (κ1) is 12.8. The van der Waals surface area contributed by atoms with Crippen molar-refractivity contribution in [1.82, 2.24) is 0 Å². The molecule has 17 heavy (non-hydrogen) atoms. The molecule has 3 aliphatic rings. The lowest BCUT2D eigenvalue weighted by Crippen LogP contribution is -2.77. The van der Waals surface area contributed by atoms with E-state index in [1.807, 2.05) is 0 Å². The fraction of sp³-hybridized carbons (Fsp3) is 0.923. The fourth-order valence-electron chi connectivity index (χ4n) is 3.35. The van der Waals surface area contributed by atoms with E-state index >= 15 is 0 Å². The largest absolute Gasteiger partial charge is 0.312 e. The number of nitrogens with two attached hydrogens (primary N) is 1. The van der Waals surface area contributed by atoms with Gasteiger partial charge in [-0.15, -0.1) is 0 Å². The highest BCUT2D eigenvalue weighted by Gasteiger charge is 2.46. The average molecular weight is 241 g/mol. The molecule has 0 saturated carbocycles. The van der Waals surface area contributed by atoms with Gasteiger partial charge in [0.05, 0.1) is 19.6 Å². The summed E-state index contributed by atoms with van der Waals surface area (Å²) in [6, 6.07) is 0.522. The van der Waals surface area contributed by atoms with Crippen molar-refractivity contribution in [2.75, 3.05) is 52.9 Å². The number of piperazine rings is 3. The summed E-state index contributed by atoms with van der Waals surface area (Å²) < 4.78 is 2.73. The minimum absolute atomic E-state index is 0.522. The normalized spacial score (nSPS) is 38.7. The maximum Gasteiger partial charge on any atom is 0.227 e. The van der Waals surface area contributed by atoms with Gasteiger partial charge in [-0.05, 0) is 13.3 Å². The number of hydrogen-bond donors (Lipinski definition) is 2. The van der Waals surface area contributed by atoms with E-state index in [2.05, 4.69) is 19.0 Å². The summed E-state index contributed by atoms with van der Waals surface area (Å²) in [6.07, 6.45) is 4.13. The van der Waals surface area contributed by atoms with E-state index in [9.17, 15) is 0 Å². The second-order valence-electron chi connectivity index (χ2n) is 6.40. The molecule has 3 N–H and O–H groups in total. The zero-order valence-electron chi connectivity index (χ0n) is 11.5. The Kier molecular flexibility index (Phi) is 3.73. The van der Waals surface area contributed by atoms with Gasteiger partial charge in [0, 0.05) is 6.42 Å². The van der Waals surface area contributed by atoms with Gasteiger partial charge >= 0.3 is 0 Å². The maximum absolute atomic E-state index is 5.38. The smallest absolute Gasteiger partial charge is 0.227 e. The van der Waals surface area contributed by atoms with Crippen molar-refractivity contribution >= 4 is 6.34 Å². The van der Waals surface area contributed by atoms with Crippen molar-refractivity contribution in [1.29, 1.82) is 0 Å². The van der Waals surface area contributed by atoms with Gasteiger partial charge in [-0.2, -0.15) is 0 Å². The molecule has 0 amide bonds. The Morgan fingerprint density at radius 3 is 2.29 bits per heavy atom. The summed E-state index contributed by atoms with van der Waals surface area (Å²) in [4.78, 5) is 3.17. The molecule has 0 spiro atoms. The van der Waals surface area contributed by atoms with E-state index < -0.39 is 0 Å². The zero-order chi connectivity index (χ0) is 12.4. The number of hydrogen-bond acceptors (Lipinski definition) is 0. The standard InChI is InChI=1S/C13H28N4/c1-13(15-12-14)4-3-5-17-9-6-16(2,7-10-17)8-11-17/h12-13H,3-11H2,1-2H3,(H2,14,15)/q+2/p+1. The highest BCUT2D eigenvalue weighted by molar-refractivity contribution is 5.43. The molecule has 3 rings (SSSR count). The Morgan fingerprint density at radius 1 is 1.18 bits per heavy atom. The fourth-order valence-corrected chi connectivity index (χ4v) is 3.35. The molecule has 3 heterocycles. The second kappa shape index (κ2) is 4.94. The van der Waals surface area contributed by atoms with Crippen molar-refractivity contribution in [2.45, 2.75) is 25.8 Å². The van der Waals surface area contributed by atoms with Crippen LogP contribution in [0.1, 0.15) is 19.8 Å². The van der Waals surface area contributed by atoms with Crippen molar-refractivity contribution in [3.05, 3.63) is 0 Å². The average Bonchev–Trinajstić information content (AvgIpc) is 2.32. The van der Waals surface area contributed by atoms with Crippen molar-refractivity contribution in [3.63, 3.8) is 0 Å². The zero-order valence-corrected chi connectivity index (χ0v) is 11.5. The molecule has 2 bridgehead atoms. The van der Waals surface area contributed by atoms with Crippen LogP contribution < -0.4 is 10.7 Å². The molecule has 0 aromatic rings. The van der Waals surface area contributed by atoms with Crippen LogP contribution in [0, 0.1) is 0 Å². The van der Waals surface area contributed by atoms with E-state index in [1.54, 1.807) is 6.34 Å². The van der Waals surface area contributed by atoms with E-state index in [-0.39, 0.29) is 0 Å². The highest BCUT2D eigenvalue weighted by Crippen LogP contribution is 2.25. The van der Waals surface area contributed by atoms with E-state index in [0.717, 1.165) is 0 Å². The van der Waals surface area contributed by atoms with Gasteiger partial charge in [-0.1, -0.05) is 0 Å². The summed E-state index contributed by atoms with van der Waals surface area (Å²) in [5.74, 6) is 0. The van der Waals surface area contributed by atoms with Crippen LogP contribution in [-0.2, 0) is 0 Å². The molecular weight excluding hydrogens is 212 g/mol. The lowest BCUT2D eigenvalue weighted by molar-refractivity contribution is -1.07. The molecule has 1 atom stereocenters. The maximum atomic E-state index is 5.38. The van der Waals surface area contributed by atoms with Crippen LogP contribution in [-0.4, -0.2) is 74.2 Å². The van der Waals surface area contributed by atoms with Crippen LogP contribution in [0.25, 0.3) is 0 Å². The van der Waals surface area contributed by atoms with Gasteiger partial charge in [0.1, 0.15) is 39.3 Å². The molecule has 3 saturated heterocycles. The van der Waals surface area contributed by atoms with Crippen molar-refractivity contribution in [2.24, 2.45) is 5.73 Å². The molecular formula is C13H29N4+3. The third-order valence-corrected chi connectivity index (χ3v) is 4.99. The Hall–Kier alpha value is -0.610. The number of fused-ring (bicyclic) bond motifs is 3. The first-order valence-electron chi connectivity index (χ1n) is 7.06. The first-order valence-corrected chi connectivity index (χ1v) is 7.06. The first-order chi connectivity index (χ1) is 8.08. The minimum Gasteiger partial charge on any atom is -0.312 e. The molecule has 4 heteroatoms. The summed E-state index contributed by atoms with van der Waals surface area (Å²) in [7, 11) is 2.43. The molecule has 3 fully saturated rings. The molecule has 0 radical (unpaired) electrons. The molecule has 0 aromatic carbocycles. The summed E-state index contributed by atoms with van der Waals surface area (Å²) in [5, 5.41) is 0. The Balaban J connectivity index is 1.76. The van der Waals surface area contributed by atoms with Gasteiger partial charge in [0.15, 0.2) is 0 Å². The quantitative estimate of drug-likeness (QED) is 0.344. The molecule has 3 aliphatic heterocycles. The van der Waals surface area contributed by atoms with Gasteiger partial charge < -0.3 is 8.97 Å². The number of quaternary nitrogens is 2. The second-order valence-corrected chi connectivity index (χ2v) is 6.40. The van der Waals surface area contributed by atoms with Crippen LogP contribution in [0.5, 0.6) is 0 Å². The predicted molar refractivity (Wildman–Crippen MR) is 70.4 cm³/mol. The van der Waals surface area contributed by atoms with E-state index in [4.69, 9.17) is 5.73 Å². The third-order valence-electron chi connectivity index (χ3n) is 4.99. The van der Waals surface area contributed by atoms with Crippen LogP contribution >= 0.6 is 0 Å². The molecule has 1 unspecified atom stereocenters. The Morgan fingerprint density at radius 2 is 1.76 bits per heavy atom. The number of nitrogens with zero attached hydrogens (tertiary/aromatic N) is 2. The lowest BCUT2D eigenvalue weighted by Gasteiger charge is -2.54. The number of likely N-dealkylation sites (N-methyl/N-ethyl adjacent to an activating group) is 1. The number of nitrogens with one attached hydrogen (secondary N) is 1. The van der Waals surface area contributed by atoms with Gasteiger partial charge in [0.25, 0.3) is 0 Å². The van der Waals surface area contributed by atoms with Gasteiger partial charge in [-0.3, -0.25) is 10.7 Å². The number of rotatable bonds is 5. The third kappa shape index (κ3) is 2.99. The topological polar surface area (TPSA) is 40.0 Å². The van der Waals surface area contributed by atoms with Crippen molar-refractivity contribution in [3.8, 4) is 0 Å². The Bertz CT molecular complexity index is 263. The van der Waals surface area contributed by atoms with E-state index in [0.29, 0.717) is 6.04 Å². The Labute approximate surface area is 105 Å². The summed E-state index contributed by atoms with van der Waals surface area (Å²) >= 11 is 0. The van der Waals surface area contributed by atoms with E-state index in [1.165, 1.54) is 67.6 Å². The van der Waals surface area contributed by atoms with Crippen LogP contribution in [0.2, 0.25) is 0 Å². The predicted octanol–water partition coefficient (Wildman–Crippen LogP) is -1.49. The van der Waals surface area contributed by atoms with Gasteiger partial charge in [-0.25, -0.2) is 0 Å². The summed E-state index contributed by atoms with van der Waals surface area (Å²) in [5.41, 5.74) is 5.38. The molecule has 0 aromatic heterocycles. The van der Waals surface area contributed by atoms with Gasteiger partial charge in [0.2, 0.25) is 6.34 Å². The SMILES string of the molecule is CC(CCC[N+]12CC[N+](C)(CC1)CC2)[NH+]=CN. The molecule has 98 valence electrons. The molecule has 0 aliphatic carbocycles. The summed E-state index contributed by atoms with van der Waals surface area (Å²) in [6.45, 7) is 12.0. The van der Waals surface area contributed by atoms with Crippen LogP contribution in [0.4, 0.5) is 0 Å². The van der Waals surface area contributed by atoms with Crippen LogP contribution in [0.3, 0.4) is 0 Å².